The molecule has 0 bridgehead atoms. The van der Waals surface area contributed by atoms with Crippen LogP contribution in [0.2, 0.25) is 0 Å². The molecule has 0 aliphatic rings. The second-order valence-corrected chi connectivity index (χ2v) is 7.68. The lowest BCUT2D eigenvalue weighted by molar-refractivity contribution is -0.385. The van der Waals surface area contributed by atoms with E-state index in [-0.39, 0.29) is 17.3 Å². The van der Waals surface area contributed by atoms with Gasteiger partial charge in [0.15, 0.2) is 11.0 Å². The van der Waals surface area contributed by atoms with E-state index in [1.165, 1.54) is 24.0 Å². The normalized spacial score (nSPS) is 10.9. The van der Waals surface area contributed by atoms with Crippen LogP contribution in [0, 0.1) is 10.1 Å². The summed E-state index contributed by atoms with van der Waals surface area (Å²) < 4.78 is 1.89. The number of aromatic nitrogens is 3. The van der Waals surface area contributed by atoms with Gasteiger partial charge in [0.2, 0.25) is 0 Å². The molecule has 0 saturated carbocycles. The average molecular weight is 459 g/mol. The number of hydrogen-bond donors (Lipinski definition) is 1. The molecule has 1 amide bonds. The van der Waals surface area contributed by atoms with Crippen molar-refractivity contribution in [2.45, 2.75) is 5.16 Å². The monoisotopic (exact) mass is 458 g/mol. The van der Waals surface area contributed by atoms with E-state index < -0.39 is 4.92 Å². The zero-order valence-electron chi connectivity index (χ0n) is 17.2. The Labute approximate surface area is 193 Å². The van der Waals surface area contributed by atoms with Crippen molar-refractivity contribution in [2.75, 3.05) is 5.75 Å². The van der Waals surface area contributed by atoms with E-state index in [4.69, 9.17) is 0 Å². The summed E-state index contributed by atoms with van der Waals surface area (Å²) in [6.45, 7) is 0. The van der Waals surface area contributed by atoms with Gasteiger partial charge in [-0.05, 0) is 18.2 Å². The minimum Gasteiger partial charge on any atom is -0.272 e. The van der Waals surface area contributed by atoms with Gasteiger partial charge in [-0.2, -0.15) is 5.10 Å². The molecule has 0 unspecified atom stereocenters. The largest absolute Gasteiger partial charge is 0.278 e. The first kappa shape index (κ1) is 21.9. The molecule has 0 saturated heterocycles. The first-order valence-corrected chi connectivity index (χ1v) is 10.9. The van der Waals surface area contributed by atoms with Crippen molar-refractivity contribution >= 4 is 29.6 Å². The van der Waals surface area contributed by atoms with Gasteiger partial charge in [0.05, 0.1) is 22.5 Å². The third-order valence-electron chi connectivity index (χ3n) is 4.54. The lowest BCUT2D eigenvalue weighted by Crippen LogP contribution is -2.20. The van der Waals surface area contributed by atoms with Crippen molar-refractivity contribution in [3.05, 3.63) is 101 Å². The summed E-state index contributed by atoms with van der Waals surface area (Å²) in [6.07, 6.45) is 1.25. The predicted molar refractivity (Wildman–Crippen MR) is 126 cm³/mol. The van der Waals surface area contributed by atoms with E-state index in [1.54, 1.807) is 18.2 Å². The summed E-state index contributed by atoms with van der Waals surface area (Å²) in [4.78, 5) is 22.9. The van der Waals surface area contributed by atoms with E-state index in [0.29, 0.717) is 16.5 Å². The Kier molecular flexibility index (Phi) is 6.86. The fraction of sp³-hybridized carbons (Fsp3) is 0.0435. The van der Waals surface area contributed by atoms with E-state index in [0.717, 1.165) is 11.3 Å². The molecule has 0 atom stereocenters. The molecule has 3 aromatic carbocycles. The molecule has 1 aromatic heterocycles. The van der Waals surface area contributed by atoms with Crippen LogP contribution in [0.4, 0.5) is 5.69 Å². The van der Waals surface area contributed by atoms with Gasteiger partial charge in [-0.3, -0.25) is 19.5 Å². The standard InChI is InChI=1S/C23H18N6O3S/c30-21(25-24-15-18-11-7-8-14-20(18)29(31)32)16-33-23-27-26-22(17-9-3-1-4-10-17)28(23)19-12-5-2-6-13-19/h1-15H,16H2,(H,25,30)/b24-15-. The van der Waals surface area contributed by atoms with Crippen LogP contribution in [-0.2, 0) is 4.79 Å². The average Bonchev–Trinajstić information content (AvgIpc) is 3.28. The van der Waals surface area contributed by atoms with Gasteiger partial charge in [-0.25, -0.2) is 5.43 Å². The number of thioether (sulfide) groups is 1. The molecular formula is C23H18N6O3S. The van der Waals surface area contributed by atoms with Gasteiger partial charge in [0, 0.05) is 17.3 Å². The maximum atomic E-state index is 12.3. The fourth-order valence-corrected chi connectivity index (χ4v) is 3.79. The Hall–Kier alpha value is -4.31. The fourth-order valence-electron chi connectivity index (χ4n) is 3.05. The summed E-state index contributed by atoms with van der Waals surface area (Å²) in [5.41, 5.74) is 4.38. The van der Waals surface area contributed by atoms with Gasteiger partial charge < -0.3 is 0 Å². The van der Waals surface area contributed by atoms with Crippen LogP contribution in [0.3, 0.4) is 0 Å². The molecule has 0 aliphatic carbocycles. The molecular weight excluding hydrogens is 440 g/mol. The highest BCUT2D eigenvalue weighted by atomic mass is 32.2. The van der Waals surface area contributed by atoms with Crippen LogP contribution >= 0.6 is 11.8 Å². The smallest absolute Gasteiger partial charge is 0.272 e. The number of amides is 1. The van der Waals surface area contributed by atoms with E-state index >= 15 is 0 Å². The lowest BCUT2D eigenvalue weighted by Gasteiger charge is -2.10. The molecule has 0 fully saturated rings. The summed E-state index contributed by atoms with van der Waals surface area (Å²) >= 11 is 1.21. The highest BCUT2D eigenvalue weighted by molar-refractivity contribution is 7.99. The Morgan fingerprint density at radius 2 is 1.67 bits per heavy atom. The molecule has 0 aliphatic heterocycles. The molecule has 33 heavy (non-hydrogen) atoms. The molecule has 9 nitrogen and oxygen atoms in total. The Morgan fingerprint density at radius 3 is 2.39 bits per heavy atom. The van der Waals surface area contributed by atoms with Crippen LogP contribution < -0.4 is 5.43 Å². The van der Waals surface area contributed by atoms with Crippen molar-refractivity contribution in [1.82, 2.24) is 20.2 Å². The third kappa shape index (κ3) is 5.31. The Balaban J connectivity index is 1.48. The molecule has 1 heterocycles. The van der Waals surface area contributed by atoms with Crippen molar-refractivity contribution in [3.63, 3.8) is 0 Å². The lowest BCUT2D eigenvalue weighted by atomic mass is 10.2. The molecule has 4 rings (SSSR count). The first-order chi connectivity index (χ1) is 16.1. The maximum absolute atomic E-state index is 12.3. The van der Waals surface area contributed by atoms with Crippen LogP contribution in [-0.4, -0.2) is 37.6 Å². The van der Waals surface area contributed by atoms with Crippen LogP contribution in [0.5, 0.6) is 0 Å². The SMILES string of the molecule is O=C(CSc1nnc(-c2ccccc2)n1-c1ccccc1)N/N=C\c1ccccc1[N+](=O)[O-]. The number of rotatable bonds is 8. The summed E-state index contributed by atoms with van der Waals surface area (Å²) in [5.74, 6) is 0.325. The number of carbonyl (C=O) groups excluding carboxylic acids is 1. The van der Waals surface area contributed by atoms with E-state index in [2.05, 4.69) is 20.7 Å². The van der Waals surface area contributed by atoms with Crippen LogP contribution in [0.15, 0.2) is 95.2 Å². The molecule has 10 heteroatoms. The van der Waals surface area contributed by atoms with E-state index in [9.17, 15) is 14.9 Å². The van der Waals surface area contributed by atoms with Gasteiger partial charge >= 0.3 is 0 Å². The minimum absolute atomic E-state index is 0.0357. The third-order valence-corrected chi connectivity index (χ3v) is 5.47. The number of nitro benzene ring substituents is 1. The first-order valence-electron chi connectivity index (χ1n) is 9.88. The van der Waals surface area contributed by atoms with Gasteiger partial charge in [-0.15, -0.1) is 10.2 Å². The van der Waals surface area contributed by atoms with Crippen molar-refractivity contribution in [3.8, 4) is 17.1 Å². The Bertz CT molecular complexity index is 1290. The van der Waals surface area contributed by atoms with Gasteiger partial charge in [0.25, 0.3) is 11.6 Å². The maximum Gasteiger partial charge on any atom is 0.278 e. The minimum atomic E-state index is -0.500. The number of hydrazone groups is 1. The second kappa shape index (κ2) is 10.3. The predicted octanol–water partition coefficient (Wildman–Crippen LogP) is 4.08. The summed E-state index contributed by atoms with van der Waals surface area (Å²) in [7, 11) is 0. The van der Waals surface area contributed by atoms with E-state index in [1.807, 2.05) is 65.2 Å². The van der Waals surface area contributed by atoms with Crippen molar-refractivity contribution < 1.29 is 9.72 Å². The van der Waals surface area contributed by atoms with Gasteiger partial charge in [-0.1, -0.05) is 72.4 Å². The molecule has 0 spiro atoms. The number of nitrogens with one attached hydrogen (secondary N) is 1. The second-order valence-electron chi connectivity index (χ2n) is 6.74. The number of hydrogen-bond acceptors (Lipinski definition) is 7. The quantitative estimate of drug-likeness (QED) is 0.184. The molecule has 164 valence electrons. The van der Waals surface area contributed by atoms with Crippen molar-refractivity contribution in [2.24, 2.45) is 5.10 Å². The highest BCUT2D eigenvalue weighted by Crippen LogP contribution is 2.27. The number of para-hydroxylation sites is 2. The van der Waals surface area contributed by atoms with Crippen molar-refractivity contribution in [1.29, 1.82) is 0 Å². The van der Waals surface area contributed by atoms with Gasteiger partial charge in [0.1, 0.15) is 0 Å². The number of nitrogens with zero attached hydrogens (tertiary/aromatic N) is 5. The molecule has 1 N–H and O–H groups in total. The molecule has 0 radical (unpaired) electrons. The number of carbonyl (C=O) groups is 1. The summed E-state index contributed by atoms with van der Waals surface area (Å²) in [5, 5.41) is 24.1. The molecule has 4 aromatic rings. The van der Waals surface area contributed by atoms with Crippen LogP contribution in [0.1, 0.15) is 5.56 Å². The number of benzene rings is 3. The summed E-state index contributed by atoms with van der Waals surface area (Å²) in [6, 6.07) is 25.5. The highest BCUT2D eigenvalue weighted by Gasteiger charge is 2.17. The topological polar surface area (TPSA) is 115 Å². The Morgan fingerprint density at radius 1 is 1.00 bits per heavy atom. The zero-order chi connectivity index (χ0) is 23.0. The zero-order valence-corrected chi connectivity index (χ0v) is 18.1. The van der Waals surface area contributed by atoms with Crippen LogP contribution in [0.25, 0.3) is 17.1 Å². The number of nitro groups is 1.